The fraction of sp³-hybridized carbons (Fsp3) is 0.579. The Bertz CT molecular complexity index is 522. The zero-order valence-corrected chi connectivity index (χ0v) is 15.6. The molecule has 1 atom stereocenters. The molecule has 1 aromatic rings. The van der Waals surface area contributed by atoms with Crippen molar-refractivity contribution in [2.75, 3.05) is 33.7 Å². The highest BCUT2D eigenvalue weighted by atomic mass is 16.2. The molecule has 0 spiro atoms. The third-order valence-corrected chi connectivity index (χ3v) is 4.28. The molecule has 0 radical (unpaired) electrons. The Hall–Kier alpha value is -1.88. The molecule has 24 heavy (non-hydrogen) atoms. The summed E-state index contributed by atoms with van der Waals surface area (Å²) in [5.41, 5.74) is 1.73. The van der Waals surface area contributed by atoms with Crippen molar-refractivity contribution < 1.29 is 9.59 Å². The van der Waals surface area contributed by atoms with Gasteiger partial charge < -0.3 is 10.2 Å². The second-order valence-electron chi connectivity index (χ2n) is 6.27. The van der Waals surface area contributed by atoms with Crippen LogP contribution in [0.5, 0.6) is 0 Å². The summed E-state index contributed by atoms with van der Waals surface area (Å²) >= 11 is 0. The van der Waals surface area contributed by atoms with Crippen molar-refractivity contribution in [2.45, 2.75) is 39.7 Å². The maximum Gasteiger partial charge on any atom is 0.253 e. The van der Waals surface area contributed by atoms with Crippen molar-refractivity contribution in [1.82, 2.24) is 15.1 Å². The lowest BCUT2D eigenvalue weighted by molar-refractivity contribution is -0.121. The lowest BCUT2D eigenvalue weighted by Gasteiger charge is -2.26. The molecular formula is C19H31N3O2. The Balaban J connectivity index is 2.40. The number of aryl methyl sites for hydroxylation is 1. The number of rotatable bonds is 9. The van der Waals surface area contributed by atoms with Gasteiger partial charge in [0.2, 0.25) is 5.91 Å². The summed E-state index contributed by atoms with van der Waals surface area (Å²) in [6.07, 6.45) is 1.15. The van der Waals surface area contributed by atoms with E-state index in [0.29, 0.717) is 31.0 Å². The summed E-state index contributed by atoms with van der Waals surface area (Å²) in [6, 6.07) is 7.82. The minimum atomic E-state index is -0.00955. The van der Waals surface area contributed by atoms with E-state index in [0.717, 1.165) is 18.7 Å². The van der Waals surface area contributed by atoms with E-state index in [9.17, 15) is 9.59 Å². The third-order valence-electron chi connectivity index (χ3n) is 4.28. The van der Waals surface area contributed by atoms with Crippen LogP contribution in [0.25, 0.3) is 0 Å². The van der Waals surface area contributed by atoms with Gasteiger partial charge in [-0.15, -0.1) is 0 Å². The van der Waals surface area contributed by atoms with Gasteiger partial charge in [0.05, 0.1) is 0 Å². The summed E-state index contributed by atoms with van der Waals surface area (Å²) in [5, 5.41) is 3.00. The van der Waals surface area contributed by atoms with Gasteiger partial charge in [0.15, 0.2) is 0 Å². The van der Waals surface area contributed by atoms with E-state index in [1.165, 1.54) is 0 Å². The predicted molar refractivity (Wildman–Crippen MR) is 98.2 cm³/mol. The van der Waals surface area contributed by atoms with Crippen molar-refractivity contribution >= 4 is 11.8 Å². The Morgan fingerprint density at radius 3 is 2.17 bits per heavy atom. The first-order valence-corrected chi connectivity index (χ1v) is 8.70. The molecule has 1 N–H and O–H groups in total. The van der Waals surface area contributed by atoms with Crippen molar-refractivity contribution in [1.29, 1.82) is 0 Å². The maximum atomic E-state index is 12.0. The number of carbonyl (C=O) groups is 2. The fourth-order valence-corrected chi connectivity index (χ4v) is 2.66. The highest BCUT2D eigenvalue weighted by Gasteiger charge is 2.11. The molecule has 5 heteroatoms. The Kier molecular flexibility index (Phi) is 8.47. The smallest absolute Gasteiger partial charge is 0.253 e. The standard InChI is InChI=1S/C19H31N3O2/c1-6-22(7-2)15(3)14-20-18(23)13-10-16-8-11-17(12-9-16)19(24)21(4)5/h8-9,11-12,15H,6-7,10,13-14H2,1-5H3,(H,20,23). The molecule has 0 aliphatic carbocycles. The van der Waals surface area contributed by atoms with Crippen LogP contribution in [0.15, 0.2) is 24.3 Å². The quantitative estimate of drug-likeness (QED) is 0.753. The van der Waals surface area contributed by atoms with Gasteiger partial charge in [-0.2, -0.15) is 0 Å². The average molecular weight is 333 g/mol. The van der Waals surface area contributed by atoms with Crippen LogP contribution < -0.4 is 5.32 Å². The lowest BCUT2D eigenvalue weighted by Crippen LogP contribution is -2.42. The molecule has 0 heterocycles. The molecule has 0 bridgehead atoms. The van der Waals surface area contributed by atoms with E-state index in [1.807, 2.05) is 24.3 Å². The van der Waals surface area contributed by atoms with Gasteiger partial charge in [-0.05, 0) is 44.1 Å². The summed E-state index contributed by atoms with van der Waals surface area (Å²) < 4.78 is 0. The molecule has 134 valence electrons. The van der Waals surface area contributed by atoms with E-state index < -0.39 is 0 Å². The van der Waals surface area contributed by atoms with Gasteiger partial charge in [-0.3, -0.25) is 14.5 Å². The molecule has 0 fully saturated rings. The van der Waals surface area contributed by atoms with Crippen LogP contribution in [0.2, 0.25) is 0 Å². The number of benzene rings is 1. The third kappa shape index (κ3) is 6.32. The summed E-state index contributed by atoms with van der Waals surface area (Å²) in [5.74, 6) is 0.0622. The molecule has 0 saturated heterocycles. The first-order valence-electron chi connectivity index (χ1n) is 8.70. The highest BCUT2D eigenvalue weighted by Crippen LogP contribution is 2.08. The van der Waals surface area contributed by atoms with Crippen LogP contribution in [0, 0.1) is 0 Å². The van der Waals surface area contributed by atoms with Crippen molar-refractivity contribution in [2.24, 2.45) is 0 Å². The van der Waals surface area contributed by atoms with E-state index in [-0.39, 0.29) is 11.8 Å². The first kappa shape index (κ1) is 20.2. The number of nitrogens with one attached hydrogen (secondary N) is 1. The molecule has 1 aromatic carbocycles. The Labute approximate surface area is 146 Å². The van der Waals surface area contributed by atoms with E-state index in [1.54, 1.807) is 19.0 Å². The number of likely N-dealkylation sites (N-methyl/N-ethyl adjacent to an activating group) is 1. The summed E-state index contributed by atoms with van der Waals surface area (Å²) in [6.45, 7) is 9.06. The zero-order chi connectivity index (χ0) is 18.1. The fourth-order valence-electron chi connectivity index (χ4n) is 2.66. The number of nitrogens with zero attached hydrogens (tertiary/aromatic N) is 2. The number of hydrogen-bond donors (Lipinski definition) is 1. The average Bonchev–Trinajstić information content (AvgIpc) is 2.58. The van der Waals surface area contributed by atoms with Crippen molar-refractivity contribution in [3.8, 4) is 0 Å². The second-order valence-corrected chi connectivity index (χ2v) is 6.27. The Morgan fingerprint density at radius 1 is 1.08 bits per heavy atom. The zero-order valence-electron chi connectivity index (χ0n) is 15.6. The molecule has 1 rings (SSSR count). The minimum Gasteiger partial charge on any atom is -0.355 e. The van der Waals surface area contributed by atoms with Crippen molar-refractivity contribution in [3.05, 3.63) is 35.4 Å². The first-order chi connectivity index (χ1) is 11.4. The van der Waals surface area contributed by atoms with Gasteiger partial charge in [-0.1, -0.05) is 26.0 Å². The van der Waals surface area contributed by atoms with Crippen LogP contribution in [-0.2, 0) is 11.2 Å². The molecule has 5 nitrogen and oxygen atoms in total. The van der Waals surface area contributed by atoms with Gasteiger partial charge in [0.25, 0.3) is 5.91 Å². The molecular weight excluding hydrogens is 302 g/mol. The monoisotopic (exact) mass is 333 g/mol. The van der Waals surface area contributed by atoms with Crippen LogP contribution in [0.3, 0.4) is 0 Å². The van der Waals surface area contributed by atoms with Gasteiger partial charge in [0, 0.05) is 38.7 Å². The summed E-state index contributed by atoms with van der Waals surface area (Å²) in [7, 11) is 3.47. The molecule has 0 aliphatic heterocycles. The minimum absolute atomic E-state index is 0.00955. The topological polar surface area (TPSA) is 52.7 Å². The number of hydrogen-bond acceptors (Lipinski definition) is 3. The summed E-state index contributed by atoms with van der Waals surface area (Å²) in [4.78, 5) is 27.7. The number of amides is 2. The molecule has 1 unspecified atom stereocenters. The van der Waals surface area contributed by atoms with Gasteiger partial charge in [0.1, 0.15) is 0 Å². The molecule has 0 aromatic heterocycles. The largest absolute Gasteiger partial charge is 0.355 e. The Morgan fingerprint density at radius 2 is 1.67 bits per heavy atom. The molecule has 0 aliphatic rings. The van der Waals surface area contributed by atoms with Crippen LogP contribution in [0.4, 0.5) is 0 Å². The SMILES string of the molecule is CCN(CC)C(C)CNC(=O)CCc1ccc(C(=O)N(C)C)cc1. The van der Waals surface area contributed by atoms with Crippen LogP contribution in [-0.4, -0.2) is 61.4 Å². The van der Waals surface area contributed by atoms with Gasteiger partial charge in [-0.25, -0.2) is 0 Å². The highest BCUT2D eigenvalue weighted by molar-refractivity contribution is 5.93. The van der Waals surface area contributed by atoms with E-state index in [2.05, 4.69) is 31.0 Å². The van der Waals surface area contributed by atoms with Crippen LogP contribution in [0.1, 0.15) is 43.1 Å². The van der Waals surface area contributed by atoms with Crippen LogP contribution >= 0.6 is 0 Å². The predicted octanol–water partition coefficient (Wildman–Crippen LogP) is 2.17. The lowest BCUT2D eigenvalue weighted by atomic mass is 10.1. The maximum absolute atomic E-state index is 12.0. The second kappa shape index (κ2) is 10.1. The normalized spacial score (nSPS) is 12.1. The molecule has 2 amide bonds. The van der Waals surface area contributed by atoms with Crippen molar-refractivity contribution in [3.63, 3.8) is 0 Å². The van der Waals surface area contributed by atoms with E-state index in [4.69, 9.17) is 0 Å². The molecule has 0 saturated carbocycles. The number of carbonyl (C=O) groups excluding carboxylic acids is 2. The van der Waals surface area contributed by atoms with E-state index >= 15 is 0 Å². The van der Waals surface area contributed by atoms with Gasteiger partial charge >= 0.3 is 0 Å².